The Bertz CT molecular complexity index is 3320. The fourth-order valence-electron chi connectivity index (χ4n) is 7.96. The van der Waals surface area contributed by atoms with Crippen LogP contribution in [0, 0.1) is 222 Å². The summed E-state index contributed by atoms with van der Waals surface area (Å²) < 4.78 is 0. The lowest BCUT2D eigenvalue weighted by Gasteiger charge is -2.10. The van der Waals surface area contributed by atoms with Crippen molar-refractivity contribution < 1.29 is 0 Å². The Labute approximate surface area is 519 Å². The fourth-order valence-corrected chi connectivity index (χ4v) is 7.96. The summed E-state index contributed by atoms with van der Waals surface area (Å²) in [5, 5.41) is 7.82. The van der Waals surface area contributed by atoms with Crippen molar-refractivity contribution in [1.82, 2.24) is 65.0 Å². The molecule has 462 valence electrons. The second-order valence-corrected chi connectivity index (χ2v) is 22.7. The van der Waals surface area contributed by atoms with Crippen LogP contribution in [-0.2, 0) is 0 Å². The van der Waals surface area contributed by atoms with Gasteiger partial charge < -0.3 is 0 Å². The Hall–Kier alpha value is -7.93. The summed E-state index contributed by atoms with van der Waals surface area (Å²) in [4.78, 5) is 45.8. The van der Waals surface area contributed by atoms with Gasteiger partial charge in [-0.1, -0.05) is 12.1 Å². The van der Waals surface area contributed by atoms with Crippen molar-refractivity contribution in [3.05, 3.63) is 236 Å². The number of nitrogens with zero attached hydrogens (tertiary/aromatic N) is 13. The molecule has 0 bridgehead atoms. The second kappa shape index (κ2) is 36.8. The monoisotopic (exact) mass is 1160 g/mol. The molecule has 0 atom stereocenters. The normalized spacial score (nSPS) is 9.86. The Morgan fingerprint density at radius 1 is 0.186 bits per heavy atom. The van der Waals surface area contributed by atoms with E-state index in [4.69, 9.17) is 0 Å². The van der Waals surface area contributed by atoms with Crippen molar-refractivity contribution in [3.63, 3.8) is 0 Å². The van der Waals surface area contributed by atoms with Crippen LogP contribution >= 0.6 is 0 Å². The van der Waals surface area contributed by atoms with Crippen LogP contribution in [0.15, 0.2) is 55.2 Å². The first-order valence-electron chi connectivity index (χ1n) is 29.5. The minimum Gasteiger partial charge on any atom is -0.261 e. The summed E-state index contributed by atoms with van der Waals surface area (Å²) in [6, 6.07) is 10.5. The Balaban J connectivity index is 0.000000484. The van der Waals surface area contributed by atoms with E-state index in [0.29, 0.717) is 0 Å². The number of aromatic nitrogens is 13. The van der Waals surface area contributed by atoms with Gasteiger partial charge in [0.2, 0.25) is 0 Å². The van der Waals surface area contributed by atoms with Crippen molar-refractivity contribution in [2.75, 3.05) is 0 Å². The predicted molar refractivity (Wildman–Crippen MR) is 361 cm³/mol. The van der Waals surface area contributed by atoms with Gasteiger partial charge in [-0.15, -0.1) is 0 Å². The molecule has 0 saturated heterocycles. The smallest absolute Gasteiger partial charge is 0.125 e. The van der Waals surface area contributed by atoms with Crippen molar-refractivity contribution >= 4 is 0 Å². The third-order valence-corrected chi connectivity index (χ3v) is 15.4. The molecule has 86 heavy (non-hydrogen) atoms. The van der Waals surface area contributed by atoms with E-state index in [1.165, 1.54) is 77.9 Å². The summed E-state index contributed by atoms with van der Waals surface area (Å²) in [6.07, 6.45) is 7.15. The van der Waals surface area contributed by atoms with Crippen molar-refractivity contribution in [2.24, 2.45) is 0 Å². The summed E-state index contributed by atoms with van der Waals surface area (Å²) >= 11 is 0. The average Bonchev–Trinajstić information content (AvgIpc) is 3.43. The molecule has 0 amide bonds. The Kier molecular flexibility index (Phi) is 32.6. The maximum Gasteiger partial charge on any atom is 0.125 e. The van der Waals surface area contributed by atoms with Crippen LogP contribution in [-0.4, -0.2) is 65.0 Å². The van der Waals surface area contributed by atoms with Gasteiger partial charge in [0.1, 0.15) is 18.0 Å². The Morgan fingerprint density at radius 2 is 0.593 bits per heavy atom. The standard InChI is InChI=1S/C11H16.3C9H13N.5C7H10N2/c1-7-6-8(2)10(4)11(5)9(7)3;1-6-5-10-9(4)8(3)7(6)2;1-6-5-7(2)10-9(4)8(6)3;1-6-5-7(2)9(4)10-8(6)3;1-5-6(2)8-4-9-7(5)3;1-5-4-8-6(2)7(3)9-5;1-5-4-8-7(3)9-6(5)2;1-5-4-6(2)9-7(3)8-5;1-5-4-6(2)8-9-7(5)3/h6H,1-5H3;3*5H,1-4H3;5*4H,1-3H3. The molecular formula is C73H105N13. The number of pyridine rings is 3. The lowest BCUT2D eigenvalue weighted by Crippen LogP contribution is -1.93. The molecule has 0 saturated carbocycles. The third-order valence-electron chi connectivity index (χ3n) is 15.4. The van der Waals surface area contributed by atoms with Gasteiger partial charge >= 0.3 is 0 Å². The molecule has 0 aliphatic rings. The molecule has 0 N–H and O–H groups in total. The molecule has 0 aliphatic heterocycles. The van der Waals surface area contributed by atoms with Crippen LogP contribution in [0.5, 0.6) is 0 Å². The van der Waals surface area contributed by atoms with Crippen LogP contribution in [0.4, 0.5) is 0 Å². The zero-order chi connectivity index (χ0) is 66.0. The van der Waals surface area contributed by atoms with Gasteiger partial charge in [-0.2, -0.15) is 10.2 Å². The zero-order valence-corrected chi connectivity index (χ0v) is 59.0. The van der Waals surface area contributed by atoms with Gasteiger partial charge in [0, 0.05) is 75.5 Å². The van der Waals surface area contributed by atoms with E-state index in [-0.39, 0.29) is 0 Å². The van der Waals surface area contributed by atoms with Crippen molar-refractivity contribution in [3.8, 4) is 0 Å². The van der Waals surface area contributed by atoms with E-state index in [0.717, 1.165) is 103 Å². The van der Waals surface area contributed by atoms with Crippen LogP contribution in [0.25, 0.3) is 0 Å². The van der Waals surface area contributed by atoms with Gasteiger partial charge in [0.05, 0.1) is 28.5 Å². The number of aryl methyl sites for hydroxylation is 25. The summed E-state index contributed by atoms with van der Waals surface area (Å²) in [5.41, 5.74) is 35.9. The summed E-state index contributed by atoms with van der Waals surface area (Å²) in [5.74, 6) is 1.70. The Morgan fingerprint density at radius 3 is 1.00 bits per heavy atom. The molecule has 8 aromatic heterocycles. The highest BCUT2D eigenvalue weighted by Gasteiger charge is 2.04. The molecule has 0 unspecified atom stereocenters. The summed E-state index contributed by atoms with van der Waals surface area (Å²) in [6.45, 7) is 65.5. The fraction of sp³-hybridized carbons (Fsp3) is 0.438. The van der Waals surface area contributed by atoms with E-state index in [9.17, 15) is 0 Å². The molecule has 0 radical (unpaired) electrons. The van der Waals surface area contributed by atoms with E-state index < -0.39 is 0 Å². The van der Waals surface area contributed by atoms with Gasteiger partial charge in [0.25, 0.3) is 0 Å². The molecule has 13 nitrogen and oxygen atoms in total. The lowest BCUT2D eigenvalue weighted by atomic mass is 9.96. The van der Waals surface area contributed by atoms with Gasteiger partial charge in [-0.3, -0.25) is 24.9 Å². The van der Waals surface area contributed by atoms with Crippen LogP contribution in [0.1, 0.15) is 181 Å². The van der Waals surface area contributed by atoms with Gasteiger partial charge in [0.15, 0.2) is 0 Å². The SMILES string of the molecule is Cc1cc(C)c(C)c(C)c1C.Cc1cc(C)c(C)c(C)n1.Cc1cc(C)c(C)nc1C.Cc1cc(C)c(C)nn1.Cc1cc(C)nc(C)n1.Cc1cnc(C)c(C)c1C.Cc1cnc(C)c(C)n1.Cc1ncc(C)c(C)n1.Cc1ncnc(C)c1C. The lowest BCUT2D eigenvalue weighted by molar-refractivity contribution is 0.924. The number of rotatable bonds is 0. The number of benzene rings is 1. The third kappa shape index (κ3) is 27.0. The van der Waals surface area contributed by atoms with Gasteiger partial charge in [-0.05, 0) is 323 Å². The first kappa shape index (κ1) is 76.1. The number of hydrogen-bond donors (Lipinski definition) is 0. The molecule has 9 aromatic rings. The van der Waals surface area contributed by atoms with E-state index >= 15 is 0 Å². The minimum atomic E-state index is 0.845. The highest BCUT2D eigenvalue weighted by Crippen LogP contribution is 2.20. The van der Waals surface area contributed by atoms with Crippen molar-refractivity contribution in [1.29, 1.82) is 0 Å². The minimum absolute atomic E-state index is 0.845. The highest BCUT2D eigenvalue weighted by atomic mass is 15.1. The predicted octanol–water partition coefficient (Wildman–Crippen LogP) is 17.2. The first-order chi connectivity index (χ1) is 39.9. The molecule has 8 heterocycles. The molecule has 1 aromatic carbocycles. The molecule has 9 rings (SSSR count). The van der Waals surface area contributed by atoms with Gasteiger partial charge in [-0.25, -0.2) is 29.9 Å². The highest BCUT2D eigenvalue weighted by molar-refractivity contribution is 5.43. The van der Waals surface area contributed by atoms with Crippen molar-refractivity contribution in [2.45, 2.75) is 222 Å². The number of hydrogen-bond acceptors (Lipinski definition) is 13. The zero-order valence-electron chi connectivity index (χ0n) is 59.0. The maximum atomic E-state index is 4.37. The maximum absolute atomic E-state index is 4.37. The van der Waals surface area contributed by atoms with Crippen LogP contribution in [0.2, 0.25) is 0 Å². The second-order valence-electron chi connectivity index (χ2n) is 22.7. The molecule has 0 spiro atoms. The molecule has 0 aliphatic carbocycles. The molecular weight excluding hydrogens is 1060 g/mol. The van der Waals surface area contributed by atoms with Crippen LogP contribution in [0.3, 0.4) is 0 Å². The molecule has 13 heteroatoms. The van der Waals surface area contributed by atoms with E-state index in [1.807, 2.05) is 156 Å². The van der Waals surface area contributed by atoms with E-state index in [2.05, 4.69) is 173 Å². The first-order valence-corrected chi connectivity index (χ1v) is 29.5. The van der Waals surface area contributed by atoms with Crippen LogP contribution < -0.4 is 0 Å². The topological polar surface area (TPSA) is 168 Å². The largest absolute Gasteiger partial charge is 0.261 e. The molecule has 0 fully saturated rings. The summed E-state index contributed by atoms with van der Waals surface area (Å²) in [7, 11) is 0. The quantitative estimate of drug-likeness (QED) is 0.141. The average molecular weight is 1160 g/mol. The van der Waals surface area contributed by atoms with E-state index in [1.54, 1.807) is 12.5 Å².